The molecule has 1 saturated heterocycles. The Morgan fingerprint density at radius 3 is 2.57 bits per heavy atom. The zero-order valence-corrected chi connectivity index (χ0v) is 14.4. The summed E-state index contributed by atoms with van der Waals surface area (Å²) in [6, 6.07) is 5.54. The molecule has 0 saturated carbocycles. The zero-order valence-electron chi connectivity index (χ0n) is 12.9. The van der Waals surface area contributed by atoms with Crippen molar-refractivity contribution in [2.75, 3.05) is 26.2 Å². The highest BCUT2D eigenvalue weighted by Gasteiger charge is 2.25. The summed E-state index contributed by atoms with van der Waals surface area (Å²) >= 11 is 7.82. The van der Waals surface area contributed by atoms with Gasteiger partial charge in [0.1, 0.15) is 0 Å². The van der Waals surface area contributed by atoms with Crippen molar-refractivity contribution < 1.29 is 4.79 Å². The average molecular weight is 327 g/mol. The summed E-state index contributed by atoms with van der Waals surface area (Å²) in [5.74, 6) is 0.169. The lowest BCUT2D eigenvalue weighted by atomic mass is 10.0. The lowest BCUT2D eigenvalue weighted by Crippen LogP contribution is -2.50. The first kappa shape index (κ1) is 16.8. The summed E-state index contributed by atoms with van der Waals surface area (Å²) < 4.78 is 0. The van der Waals surface area contributed by atoms with E-state index in [0.29, 0.717) is 10.3 Å². The van der Waals surface area contributed by atoms with Crippen LogP contribution in [0.4, 0.5) is 0 Å². The topological polar surface area (TPSA) is 32.3 Å². The van der Waals surface area contributed by atoms with Crippen LogP contribution in [-0.2, 0) is 0 Å². The highest BCUT2D eigenvalue weighted by atomic mass is 35.5. The predicted molar refractivity (Wildman–Crippen MR) is 90.7 cm³/mol. The van der Waals surface area contributed by atoms with Crippen LogP contribution in [0.15, 0.2) is 23.1 Å². The Balaban J connectivity index is 2.22. The third-order valence-corrected chi connectivity index (χ3v) is 4.96. The molecule has 0 aliphatic carbocycles. The molecule has 1 heterocycles. The van der Waals surface area contributed by atoms with E-state index in [4.69, 9.17) is 11.6 Å². The molecule has 116 valence electrons. The van der Waals surface area contributed by atoms with Gasteiger partial charge in [-0.25, -0.2) is 0 Å². The van der Waals surface area contributed by atoms with Crippen LogP contribution < -0.4 is 5.32 Å². The number of benzene rings is 1. The maximum absolute atomic E-state index is 12.9. The molecule has 0 bridgehead atoms. The minimum absolute atomic E-state index is 0.0999. The second-order valence-corrected chi connectivity index (χ2v) is 7.69. The standard InChI is InChI=1S/C16H23ClN2OS/c1-11(2)21-15-5-4-13(17)10-14(15)16(20)12(3)19-8-6-18-7-9-19/h4-5,10-12,18H,6-9H2,1-3H3. The quantitative estimate of drug-likeness (QED) is 0.664. The predicted octanol–water partition coefficient (Wildman–Crippen LogP) is 3.32. The molecule has 5 heteroatoms. The van der Waals surface area contributed by atoms with E-state index in [2.05, 4.69) is 24.1 Å². The molecule has 3 nitrogen and oxygen atoms in total. The molecule has 0 radical (unpaired) electrons. The number of rotatable bonds is 5. The summed E-state index contributed by atoms with van der Waals surface area (Å²) in [7, 11) is 0. The smallest absolute Gasteiger partial charge is 0.180 e. The lowest BCUT2D eigenvalue weighted by molar-refractivity contribution is 0.0817. The first-order valence-electron chi connectivity index (χ1n) is 7.44. The number of hydrogen-bond acceptors (Lipinski definition) is 4. The van der Waals surface area contributed by atoms with Crippen molar-refractivity contribution in [1.82, 2.24) is 10.2 Å². The summed E-state index contributed by atoms with van der Waals surface area (Å²) in [5, 5.41) is 4.38. The van der Waals surface area contributed by atoms with E-state index in [1.165, 1.54) is 0 Å². The second kappa shape index (κ2) is 7.63. The Kier molecular flexibility index (Phi) is 6.11. The van der Waals surface area contributed by atoms with Crippen LogP contribution in [0.1, 0.15) is 31.1 Å². The number of ketones is 1. The Morgan fingerprint density at radius 1 is 1.29 bits per heavy atom. The van der Waals surface area contributed by atoms with E-state index in [1.807, 2.05) is 25.1 Å². The number of carbonyl (C=O) groups is 1. The van der Waals surface area contributed by atoms with Gasteiger partial charge in [-0.3, -0.25) is 9.69 Å². The first-order valence-corrected chi connectivity index (χ1v) is 8.70. The second-order valence-electron chi connectivity index (χ2n) is 5.63. The van der Waals surface area contributed by atoms with E-state index in [9.17, 15) is 4.79 Å². The van der Waals surface area contributed by atoms with Gasteiger partial charge in [-0.1, -0.05) is 25.4 Å². The Hall–Kier alpha value is -0.550. The third-order valence-electron chi connectivity index (χ3n) is 3.65. The van der Waals surface area contributed by atoms with Crippen LogP contribution in [0.2, 0.25) is 5.02 Å². The minimum atomic E-state index is -0.0999. The molecular formula is C16H23ClN2OS. The molecule has 1 aliphatic rings. The van der Waals surface area contributed by atoms with Gasteiger partial charge in [0, 0.05) is 46.9 Å². The maximum Gasteiger partial charge on any atom is 0.180 e. The van der Waals surface area contributed by atoms with Gasteiger partial charge in [0.25, 0.3) is 0 Å². The van der Waals surface area contributed by atoms with Gasteiger partial charge in [-0.05, 0) is 25.1 Å². The fourth-order valence-corrected chi connectivity index (χ4v) is 3.62. The van der Waals surface area contributed by atoms with E-state index >= 15 is 0 Å². The van der Waals surface area contributed by atoms with Crippen LogP contribution in [0.3, 0.4) is 0 Å². The molecule has 1 aliphatic heterocycles. The zero-order chi connectivity index (χ0) is 15.4. The Bertz CT molecular complexity index is 501. The van der Waals surface area contributed by atoms with Crippen molar-refractivity contribution in [2.24, 2.45) is 0 Å². The monoisotopic (exact) mass is 326 g/mol. The van der Waals surface area contributed by atoms with Gasteiger partial charge in [-0.2, -0.15) is 0 Å². The Labute approximate surface area is 136 Å². The highest BCUT2D eigenvalue weighted by molar-refractivity contribution is 8.00. The largest absolute Gasteiger partial charge is 0.314 e. The summed E-state index contributed by atoms with van der Waals surface area (Å²) in [6.45, 7) is 9.99. The van der Waals surface area contributed by atoms with Crippen molar-refractivity contribution in [3.8, 4) is 0 Å². The number of piperazine rings is 1. The van der Waals surface area contributed by atoms with Gasteiger partial charge in [0.15, 0.2) is 5.78 Å². The van der Waals surface area contributed by atoms with Crippen molar-refractivity contribution in [1.29, 1.82) is 0 Å². The SMILES string of the molecule is CC(C)Sc1ccc(Cl)cc1C(=O)C(C)N1CCNCC1. The fraction of sp³-hybridized carbons (Fsp3) is 0.562. The van der Waals surface area contributed by atoms with Gasteiger partial charge in [-0.15, -0.1) is 11.8 Å². The van der Waals surface area contributed by atoms with Crippen LogP contribution in [0, 0.1) is 0 Å². The molecule has 1 atom stereocenters. The van der Waals surface area contributed by atoms with Crippen LogP contribution in [0.25, 0.3) is 0 Å². The van der Waals surface area contributed by atoms with Crippen LogP contribution in [0.5, 0.6) is 0 Å². The molecule has 0 spiro atoms. The van der Waals surface area contributed by atoms with Crippen molar-refractivity contribution in [3.05, 3.63) is 28.8 Å². The molecule has 0 aromatic heterocycles. The normalized spacial score (nSPS) is 18.0. The van der Waals surface area contributed by atoms with Gasteiger partial charge in [0.05, 0.1) is 6.04 Å². The van der Waals surface area contributed by atoms with E-state index in [1.54, 1.807) is 11.8 Å². The summed E-state index contributed by atoms with van der Waals surface area (Å²) in [5.41, 5.74) is 0.757. The van der Waals surface area contributed by atoms with E-state index < -0.39 is 0 Å². The van der Waals surface area contributed by atoms with E-state index in [0.717, 1.165) is 36.6 Å². The number of carbonyl (C=O) groups excluding carboxylic acids is 1. The fourth-order valence-electron chi connectivity index (χ4n) is 2.51. The number of nitrogens with zero attached hydrogens (tertiary/aromatic N) is 1. The van der Waals surface area contributed by atoms with Crippen molar-refractivity contribution in [3.63, 3.8) is 0 Å². The Morgan fingerprint density at radius 2 is 1.95 bits per heavy atom. The summed E-state index contributed by atoms with van der Waals surface area (Å²) in [4.78, 5) is 16.1. The number of thioether (sulfide) groups is 1. The molecule has 1 fully saturated rings. The molecule has 2 rings (SSSR count). The van der Waals surface area contributed by atoms with Crippen LogP contribution in [-0.4, -0.2) is 48.2 Å². The molecule has 0 amide bonds. The number of Topliss-reactive ketones (excluding diaryl/α,β-unsaturated/α-hetero) is 1. The van der Waals surface area contributed by atoms with Crippen LogP contribution >= 0.6 is 23.4 Å². The molecule has 1 aromatic rings. The van der Waals surface area contributed by atoms with Gasteiger partial charge < -0.3 is 5.32 Å². The first-order chi connectivity index (χ1) is 9.99. The van der Waals surface area contributed by atoms with E-state index in [-0.39, 0.29) is 11.8 Å². The number of hydrogen-bond donors (Lipinski definition) is 1. The third kappa shape index (κ3) is 4.46. The molecular weight excluding hydrogens is 304 g/mol. The highest BCUT2D eigenvalue weighted by Crippen LogP contribution is 2.30. The number of halogens is 1. The minimum Gasteiger partial charge on any atom is -0.314 e. The van der Waals surface area contributed by atoms with Crippen molar-refractivity contribution in [2.45, 2.75) is 37.0 Å². The average Bonchev–Trinajstić information content (AvgIpc) is 2.48. The molecule has 1 aromatic carbocycles. The lowest BCUT2D eigenvalue weighted by Gasteiger charge is -2.32. The van der Waals surface area contributed by atoms with Gasteiger partial charge in [0.2, 0.25) is 0 Å². The van der Waals surface area contributed by atoms with Gasteiger partial charge >= 0.3 is 0 Å². The summed E-state index contributed by atoms with van der Waals surface area (Å²) in [6.07, 6.45) is 0. The molecule has 1 N–H and O–H groups in total. The maximum atomic E-state index is 12.9. The molecule has 21 heavy (non-hydrogen) atoms. The molecule has 1 unspecified atom stereocenters. The van der Waals surface area contributed by atoms with Crippen molar-refractivity contribution >= 4 is 29.1 Å². The number of nitrogens with one attached hydrogen (secondary N) is 1.